The fourth-order valence-electron chi connectivity index (χ4n) is 9.80. The fraction of sp³-hybridized carbons (Fsp3) is 0.853. The molecule has 2 unspecified atom stereocenters. The van der Waals surface area contributed by atoms with Crippen LogP contribution in [0, 0.1) is 0 Å². The lowest BCUT2D eigenvalue weighted by Gasteiger charge is -2.24. The van der Waals surface area contributed by atoms with Gasteiger partial charge in [-0.05, 0) is 38.5 Å². The SMILES string of the molecule is CC/C=C\C/C=C\C/C=C\C/C=C\CCC(=O)OC(COC(=O)CCCCCCCCCCCCCCCCCCCCCCCCCCCCCCCCCCCCCCCCCCC)COP(=O)(O)OCC[N+](C)(C)C. The molecule has 0 rings (SSSR count). The average molecular weight is 1120 g/mol. The van der Waals surface area contributed by atoms with E-state index in [-0.39, 0.29) is 32.0 Å². The molecule has 0 saturated carbocycles. The summed E-state index contributed by atoms with van der Waals surface area (Å²) < 4.78 is 34.4. The Bertz CT molecular complexity index is 1460. The first kappa shape index (κ1) is 76.0. The second kappa shape index (κ2) is 59.6. The zero-order valence-corrected chi connectivity index (χ0v) is 53.1. The molecule has 0 aromatic carbocycles. The van der Waals surface area contributed by atoms with Crippen molar-refractivity contribution in [1.29, 1.82) is 0 Å². The number of hydrogen-bond donors (Lipinski definition) is 1. The molecule has 1 N–H and O–H groups in total. The summed E-state index contributed by atoms with van der Waals surface area (Å²) in [6, 6.07) is 0. The lowest BCUT2D eigenvalue weighted by Crippen LogP contribution is -2.37. The van der Waals surface area contributed by atoms with Gasteiger partial charge in [0.2, 0.25) is 0 Å². The minimum absolute atomic E-state index is 0.0192. The maximum Gasteiger partial charge on any atom is 0.472 e. The van der Waals surface area contributed by atoms with Gasteiger partial charge < -0.3 is 18.9 Å². The summed E-state index contributed by atoms with van der Waals surface area (Å²) in [4.78, 5) is 35.6. The molecule has 0 aromatic heterocycles. The zero-order chi connectivity index (χ0) is 57.0. The van der Waals surface area contributed by atoms with E-state index in [9.17, 15) is 19.0 Å². The third kappa shape index (κ3) is 63.2. The summed E-state index contributed by atoms with van der Waals surface area (Å²) in [5, 5.41) is 0. The highest BCUT2D eigenvalue weighted by molar-refractivity contribution is 7.47. The van der Waals surface area contributed by atoms with Gasteiger partial charge in [0.25, 0.3) is 0 Å². The van der Waals surface area contributed by atoms with Crippen LogP contribution in [0.1, 0.15) is 322 Å². The number of rotatable bonds is 62. The number of carbonyl (C=O) groups excluding carboxylic acids is 2. The molecule has 0 heterocycles. The predicted octanol–water partition coefficient (Wildman–Crippen LogP) is 21.3. The first-order chi connectivity index (χ1) is 38.0. The zero-order valence-electron chi connectivity index (χ0n) is 52.2. The maximum absolute atomic E-state index is 12.7. The van der Waals surface area contributed by atoms with Gasteiger partial charge in [-0.2, -0.15) is 0 Å². The van der Waals surface area contributed by atoms with E-state index in [4.69, 9.17) is 18.5 Å². The van der Waals surface area contributed by atoms with E-state index >= 15 is 0 Å². The fourth-order valence-corrected chi connectivity index (χ4v) is 10.5. The van der Waals surface area contributed by atoms with Crippen LogP contribution in [0.25, 0.3) is 0 Å². The van der Waals surface area contributed by atoms with Crippen molar-refractivity contribution in [3.05, 3.63) is 48.6 Å². The molecule has 0 aromatic rings. The number of phosphoric ester groups is 1. The van der Waals surface area contributed by atoms with Crippen LogP contribution in [0.4, 0.5) is 0 Å². The quantitative estimate of drug-likeness (QED) is 0.0211. The Kier molecular flexibility index (Phi) is 58.0. The van der Waals surface area contributed by atoms with Crippen LogP contribution in [-0.4, -0.2) is 74.9 Å². The minimum Gasteiger partial charge on any atom is -0.462 e. The molecule has 0 radical (unpaired) electrons. The molecule has 10 heteroatoms. The van der Waals surface area contributed by atoms with Crippen LogP contribution in [0.5, 0.6) is 0 Å². The number of allylic oxidation sites excluding steroid dienone is 8. The van der Waals surface area contributed by atoms with Crippen LogP contribution < -0.4 is 0 Å². The van der Waals surface area contributed by atoms with E-state index in [1.807, 2.05) is 33.3 Å². The number of nitrogens with zero attached hydrogens (tertiary/aromatic N) is 1. The third-order valence-electron chi connectivity index (χ3n) is 14.9. The smallest absolute Gasteiger partial charge is 0.462 e. The molecule has 0 aliphatic heterocycles. The summed E-state index contributed by atoms with van der Waals surface area (Å²) in [6.07, 6.45) is 77.2. The van der Waals surface area contributed by atoms with E-state index in [1.165, 1.54) is 244 Å². The van der Waals surface area contributed by atoms with Crippen LogP contribution in [-0.2, 0) is 32.7 Å². The van der Waals surface area contributed by atoms with E-state index in [1.54, 1.807) is 0 Å². The molecule has 0 bridgehead atoms. The van der Waals surface area contributed by atoms with Crippen LogP contribution in [0.2, 0.25) is 0 Å². The van der Waals surface area contributed by atoms with Crippen LogP contribution in [0.15, 0.2) is 48.6 Å². The summed E-state index contributed by atoms with van der Waals surface area (Å²) in [6.45, 7) is 4.26. The Morgan fingerprint density at radius 3 is 1.06 bits per heavy atom. The maximum atomic E-state index is 12.7. The van der Waals surface area contributed by atoms with Crippen molar-refractivity contribution in [2.75, 3.05) is 47.5 Å². The lowest BCUT2D eigenvalue weighted by molar-refractivity contribution is -0.870. The van der Waals surface area contributed by atoms with Crippen molar-refractivity contribution in [3.63, 3.8) is 0 Å². The van der Waals surface area contributed by atoms with Crippen molar-refractivity contribution in [1.82, 2.24) is 0 Å². The second-order valence-corrected chi connectivity index (χ2v) is 25.3. The third-order valence-corrected chi connectivity index (χ3v) is 15.9. The normalized spacial score (nSPS) is 13.5. The Hall–Kier alpha value is -2.03. The number of carbonyl (C=O) groups is 2. The Labute approximate surface area is 484 Å². The number of ether oxygens (including phenoxy) is 2. The molecule has 0 amide bonds. The highest BCUT2D eigenvalue weighted by Crippen LogP contribution is 2.43. The monoisotopic (exact) mass is 1120 g/mol. The molecule has 9 nitrogen and oxygen atoms in total. The standard InChI is InChI=1S/C68H128NO8P/c1-6-8-10-12-14-16-18-20-21-22-23-24-25-26-27-28-29-30-31-32-33-34-35-36-37-38-39-40-41-42-43-44-45-46-47-49-50-52-54-56-58-60-67(70)74-64-66(65-76-78(72,73)75-63-62-69(3,4)5)77-68(71)61-59-57-55-53-51-48-19-17-15-13-11-9-7-2/h9,11,15,17,48,51,55,57,66H,6-8,10,12-14,16,18-47,49-50,52-54,56,58-65H2,1-5H3/p+1/b11-9-,17-15-,51-48-,57-55-. The van der Waals surface area contributed by atoms with Gasteiger partial charge >= 0.3 is 19.8 Å². The van der Waals surface area contributed by atoms with E-state index in [0.29, 0.717) is 17.4 Å². The van der Waals surface area contributed by atoms with Crippen molar-refractivity contribution >= 4 is 19.8 Å². The number of hydrogen-bond acceptors (Lipinski definition) is 7. The van der Waals surface area contributed by atoms with Gasteiger partial charge in [0.1, 0.15) is 19.8 Å². The Balaban J connectivity index is 3.81. The Morgan fingerprint density at radius 1 is 0.410 bits per heavy atom. The van der Waals surface area contributed by atoms with Crippen molar-refractivity contribution < 1.29 is 42.1 Å². The molecule has 0 spiro atoms. The number of unbranched alkanes of at least 4 members (excludes halogenated alkanes) is 40. The van der Waals surface area contributed by atoms with Crippen molar-refractivity contribution in [3.8, 4) is 0 Å². The van der Waals surface area contributed by atoms with E-state index in [2.05, 4.69) is 50.3 Å². The molecule has 0 fully saturated rings. The van der Waals surface area contributed by atoms with Crippen LogP contribution in [0.3, 0.4) is 0 Å². The Morgan fingerprint density at radius 2 is 0.731 bits per heavy atom. The molecule has 2 atom stereocenters. The molecule has 78 heavy (non-hydrogen) atoms. The number of phosphoric acid groups is 1. The molecule has 0 aliphatic carbocycles. The summed E-state index contributed by atoms with van der Waals surface area (Å²) in [5.74, 6) is -0.882. The first-order valence-electron chi connectivity index (χ1n) is 33.4. The first-order valence-corrected chi connectivity index (χ1v) is 34.9. The lowest BCUT2D eigenvalue weighted by atomic mass is 10.0. The molecule has 0 saturated heterocycles. The number of quaternary nitrogens is 1. The van der Waals surface area contributed by atoms with Gasteiger partial charge in [0, 0.05) is 12.8 Å². The summed E-state index contributed by atoms with van der Waals surface area (Å²) in [7, 11) is 1.44. The average Bonchev–Trinajstić information content (AvgIpc) is 3.40. The van der Waals surface area contributed by atoms with Gasteiger partial charge in [-0.1, -0.05) is 319 Å². The molecular formula is C68H129NO8P+. The number of likely N-dealkylation sites (N-methyl/N-ethyl adjacent to an activating group) is 1. The van der Waals surface area contributed by atoms with Crippen molar-refractivity contribution in [2.45, 2.75) is 328 Å². The van der Waals surface area contributed by atoms with Gasteiger partial charge in [0.15, 0.2) is 6.10 Å². The van der Waals surface area contributed by atoms with Crippen LogP contribution >= 0.6 is 7.82 Å². The van der Waals surface area contributed by atoms with Gasteiger partial charge in [0.05, 0.1) is 27.7 Å². The highest BCUT2D eigenvalue weighted by Gasteiger charge is 2.27. The molecule has 0 aliphatic rings. The van der Waals surface area contributed by atoms with Crippen molar-refractivity contribution in [2.24, 2.45) is 0 Å². The molecular weight excluding hydrogens is 990 g/mol. The summed E-state index contributed by atoms with van der Waals surface area (Å²) >= 11 is 0. The topological polar surface area (TPSA) is 108 Å². The predicted molar refractivity (Wildman–Crippen MR) is 335 cm³/mol. The van der Waals surface area contributed by atoms with Gasteiger partial charge in [-0.3, -0.25) is 18.6 Å². The summed E-state index contributed by atoms with van der Waals surface area (Å²) in [5.41, 5.74) is 0. The molecule has 458 valence electrons. The van der Waals surface area contributed by atoms with Gasteiger partial charge in [-0.15, -0.1) is 0 Å². The van der Waals surface area contributed by atoms with E-state index < -0.39 is 26.5 Å². The number of esters is 2. The largest absolute Gasteiger partial charge is 0.472 e. The minimum atomic E-state index is -4.40. The highest BCUT2D eigenvalue weighted by atomic mass is 31.2. The van der Waals surface area contributed by atoms with Gasteiger partial charge in [-0.25, -0.2) is 4.57 Å². The van der Waals surface area contributed by atoms with E-state index in [0.717, 1.165) is 44.9 Å². The second-order valence-electron chi connectivity index (χ2n) is 23.8.